The van der Waals surface area contributed by atoms with Crippen LogP contribution in [-0.2, 0) is 25.8 Å². The number of rotatable bonds is 8. The van der Waals surface area contributed by atoms with Gasteiger partial charge in [0.05, 0.1) is 28.9 Å². The van der Waals surface area contributed by atoms with E-state index in [2.05, 4.69) is 10.2 Å². The zero-order valence-electron chi connectivity index (χ0n) is 30.2. The van der Waals surface area contributed by atoms with Crippen molar-refractivity contribution in [3.63, 3.8) is 0 Å². The monoisotopic (exact) mass is 777 g/mol. The average molecular weight is 779 g/mol. The number of phenols is 1. The smallest absolute Gasteiger partial charge is 0.253 e. The second-order valence-electron chi connectivity index (χ2n) is 14.6. The molecule has 55 heavy (non-hydrogen) atoms. The number of fused-ring (bicyclic) bond motifs is 4. The Bertz CT molecular complexity index is 2280. The lowest BCUT2D eigenvalue weighted by atomic mass is 9.56. The van der Waals surface area contributed by atoms with Crippen molar-refractivity contribution in [2.45, 2.75) is 35.1 Å². The number of imide groups is 2. The number of halogens is 2. The van der Waals surface area contributed by atoms with Crippen LogP contribution in [0.5, 0.6) is 11.5 Å². The Balaban J connectivity index is 1.10. The predicted octanol–water partition coefficient (Wildman–Crippen LogP) is 7.65. The summed E-state index contributed by atoms with van der Waals surface area (Å²) in [5, 5.41) is 20.2. The molecule has 2 heterocycles. The molecule has 13 heteroatoms. The highest BCUT2D eigenvalue weighted by Crippen LogP contribution is 2.66. The van der Waals surface area contributed by atoms with Crippen LogP contribution in [0.3, 0.4) is 0 Å². The fourth-order valence-corrected chi connectivity index (χ4v) is 9.55. The van der Waals surface area contributed by atoms with Crippen LogP contribution in [0, 0.1) is 17.8 Å². The van der Waals surface area contributed by atoms with Crippen LogP contribution in [0.4, 0.5) is 22.7 Å². The Labute approximate surface area is 327 Å². The van der Waals surface area contributed by atoms with E-state index in [9.17, 15) is 24.3 Å². The first-order valence-corrected chi connectivity index (χ1v) is 18.7. The highest BCUT2D eigenvalue weighted by atomic mass is 35.5. The molecule has 11 nitrogen and oxygen atoms in total. The summed E-state index contributed by atoms with van der Waals surface area (Å²) >= 11 is 14.6. The highest BCUT2D eigenvalue weighted by Gasteiger charge is 2.76. The molecule has 4 amide bonds. The quantitative estimate of drug-likeness (QED) is 0.0842. The molecule has 0 aromatic heterocycles. The number of benzene rings is 4. The molecule has 6 unspecified atom stereocenters. The third-order valence-corrected chi connectivity index (χ3v) is 12.7. The SMILES string of the molecule is CN1C(=O)C2(Cl)CC3C(=CCC4C(=O)N(c5ccc(N=Nc6ccc(N(C)C)cc6)cc5)C(=O)C43)C(c3ccc(OCc4ccccc4)cc3O)C2(Cl)C1=O. The van der Waals surface area contributed by atoms with E-state index in [4.69, 9.17) is 27.9 Å². The van der Waals surface area contributed by atoms with Crippen molar-refractivity contribution in [1.82, 2.24) is 4.90 Å². The Kier molecular flexibility index (Phi) is 9.05. The highest BCUT2D eigenvalue weighted by molar-refractivity contribution is 6.53. The molecule has 0 spiro atoms. The maximum atomic E-state index is 14.4. The van der Waals surface area contributed by atoms with E-state index in [1.165, 1.54) is 18.0 Å². The fourth-order valence-electron chi connectivity index (χ4n) is 8.54. The summed E-state index contributed by atoms with van der Waals surface area (Å²) in [6, 6.07) is 28.5. The van der Waals surface area contributed by atoms with Gasteiger partial charge in [0.1, 0.15) is 18.1 Å². The number of hydrogen-bond donors (Lipinski definition) is 1. The number of azo groups is 1. The van der Waals surface area contributed by atoms with Crippen LogP contribution in [0.1, 0.15) is 29.9 Å². The number of nitrogens with zero attached hydrogens (tertiary/aromatic N) is 5. The van der Waals surface area contributed by atoms with Gasteiger partial charge < -0.3 is 14.7 Å². The minimum Gasteiger partial charge on any atom is -0.508 e. The summed E-state index contributed by atoms with van der Waals surface area (Å²) in [6.07, 6.45) is 1.86. The largest absolute Gasteiger partial charge is 0.508 e. The zero-order chi connectivity index (χ0) is 38.8. The second-order valence-corrected chi connectivity index (χ2v) is 15.9. The first-order valence-electron chi connectivity index (χ1n) is 17.9. The third-order valence-electron chi connectivity index (χ3n) is 11.3. The predicted molar refractivity (Wildman–Crippen MR) is 208 cm³/mol. The van der Waals surface area contributed by atoms with Gasteiger partial charge >= 0.3 is 0 Å². The number of alkyl halides is 2. The van der Waals surface area contributed by atoms with Gasteiger partial charge in [-0.2, -0.15) is 10.2 Å². The van der Waals surface area contributed by atoms with Gasteiger partial charge in [0, 0.05) is 44.4 Å². The molecule has 0 bridgehead atoms. The number of likely N-dealkylation sites (tertiary alicyclic amines) is 1. The van der Waals surface area contributed by atoms with E-state index in [0.717, 1.165) is 16.2 Å². The van der Waals surface area contributed by atoms with Crippen LogP contribution in [0.15, 0.2) is 119 Å². The molecule has 1 saturated carbocycles. The molecule has 4 aliphatic rings. The fraction of sp³-hybridized carbons (Fsp3) is 0.286. The lowest BCUT2D eigenvalue weighted by molar-refractivity contribution is -0.138. The first kappa shape index (κ1) is 36.5. The van der Waals surface area contributed by atoms with E-state index in [-0.39, 0.29) is 36.7 Å². The molecule has 2 aliphatic carbocycles. The molecule has 2 saturated heterocycles. The van der Waals surface area contributed by atoms with E-state index in [0.29, 0.717) is 28.4 Å². The van der Waals surface area contributed by atoms with Crippen molar-refractivity contribution in [1.29, 1.82) is 0 Å². The number of ether oxygens (including phenoxy) is 1. The normalized spacial score (nSPS) is 27.3. The van der Waals surface area contributed by atoms with Gasteiger partial charge in [-0.05, 0) is 78.9 Å². The van der Waals surface area contributed by atoms with E-state index < -0.39 is 51.1 Å². The summed E-state index contributed by atoms with van der Waals surface area (Å²) in [5.41, 5.74) is 4.37. The Morgan fingerprint density at radius 1 is 0.836 bits per heavy atom. The number of allylic oxidation sites excluding steroid dienone is 2. The van der Waals surface area contributed by atoms with Crippen molar-refractivity contribution in [3.05, 3.63) is 120 Å². The molecular weight excluding hydrogens is 741 g/mol. The number of aromatic hydroxyl groups is 1. The van der Waals surface area contributed by atoms with Gasteiger partial charge in [-0.15, -0.1) is 23.2 Å². The Morgan fingerprint density at radius 3 is 2.13 bits per heavy atom. The van der Waals surface area contributed by atoms with Crippen molar-refractivity contribution in [2.24, 2.45) is 28.0 Å². The van der Waals surface area contributed by atoms with Gasteiger partial charge in [-0.3, -0.25) is 29.0 Å². The molecule has 4 aromatic carbocycles. The zero-order valence-corrected chi connectivity index (χ0v) is 31.7. The third kappa shape index (κ3) is 5.79. The van der Waals surface area contributed by atoms with E-state index in [1.54, 1.807) is 36.4 Å². The van der Waals surface area contributed by atoms with Crippen LogP contribution in [0.2, 0.25) is 0 Å². The van der Waals surface area contributed by atoms with Crippen LogP contribution < -0.4 is 14.5 Å². The molecule has 0 radical (unpaired) electrons. The van der Waals surface area contributed by atoms with Gasteiger partial charge in [0.2, 0.25) is 11.8 Å². The molecule has 1 N–H and O–H groups in total. The number of amides is 4. The van der Waals surface area contributed by atoms with Crippen LogP contribution >= 0.6 is 23.2 Å². The molecule has 2 aliphatic heterocycles. The number of carbonyl (C=O) groups is 4. The van der Waals surface area contributed by atoms with Gasteiger partial charge in [0.15, 0.2) is 9.75 Å². The number of phenolic OH excluding ortho intramolecular Hbond substituents is 1. The molecular formula is C42H37Cl2N5O6. The van der Waals surface area contributed by atoms with E-state index in [1.807, 2.05) is 79.7 Å². The average Bonchev–Trinajstić information content (AvgIpc) is 3.52. The molecule has 6 atom stereocenters. The van der Waals surface area contributed by atoms with Crippen molar-refractivity contribution < 1.29 is 29.0 Å². The van der Waals surface area contributed by atoms with Crippen molar-refractivity contribution >= 4 is 69.6 Å². The maximum absolute atomic E-state index is 14.4. The van der Waals surface area contributed by atoms with Gasteiger partial charge in [-0.25, -0.2) is 0 Å². The van der Waals surface area contributed by atoms with E-state index >= 15 is 0 Å². The Hall–Kier alpha value is -5.52. The molecule has 4 aromatic rings. The molecule has 280 valence electrons. The standard InChI is InChI=1S/C42H37Cl2N5O6/c1-47(2)27-13-9-25(10-14-27)45-46-26-11-15-28(16-12-26)49-37(51)32-20-19-30-33(35(32)38(49)52)22-41(43)39(53)48(3)40(54)42(41,44)36(30)31-18-17-29(21-34(31)50)55-23-24-7-5-4-6-8-24/h4-19,21,32-33,35-36,50H,20,22-23H2,1-3H3. The maximum Gasteiger partial charge on any atom is 0.253 e. The number of anilines is 2. The summed E-state index contributed by atoms with van der Waals surface area (Å²) in [4.78, 5) is 56.3. The summed E-state index contributed by atoms with van der Waals surface area (Å²) in [6.45, 7) is 0.256. The van der Waals surface area contributed by atoms with Crippen LogP contribution in [-0.4, -0.2) is 64.5 Å². The summed E-state index contributed by atoms with van der Waals surface area (Å²) in [7, 11) is 5.23. The Morgan fingerprint density at radius 2 is 1.49 bits per heavy atom. The minimum atomic E-state index is -2.02. The number of carbonyl (C=O) groups excluding carboxylic acids is 4. The van der Waals surface area contributed by atoms with Gasteiger partial charge in [-0.1, -0.05) is 48.0 Å². The van der Waals surface area contributed by atoms with Crippen molar-refractivity contribution in [2.75, 3.05) is 30.9 Å². The second kappa shape index (κ2) is 13.6. The lowest BCUT2D eigenvalue weighted by Crippen LogP contribution is -2.60. The van der Waals surface area contributed by atoms with Crippen molar-refractivity contribution in [3.8, 4) is 11.5 Å². The first-order chi connectivity index (χ1) is 26.3. The topological polar surface area (TPSA) is 132 Å². The minimum absolute atomic E-state index is 0.156. The lowest BCUT2D eigenvalue weighted by Gasteiger charge is -2.50. The van der Waals surface area contributed by atoms with Crippen LogP contribution in [0.25, 0.3) is 0 Å². The van der Waals surface area contributed by atoms with Gasteiger partial charge in [0.25, 0.3) is 11.8 Å². The summed E-state index contributed by atoms with van der Waals surface area (Å²) in [5.74, 6) is -5.53. The molecule has 8 rings (SSSR count). The number of hydrogen-bond acceptors (Lipinski definition) is 9. The molecule has 3 fully saturated rings. The summed E-state index contributed by atoms with van der Waals surface area (Å²) < 4.78 is 5.93.